The maximum absolute atomic E-state index is 12.9. The van der Waals surface area contributed by atoms with Gasteiger partial charge in [-0.05, 0) is 115 Å². The first-order valence-corrected chi connectivity index (χ1v) is 19.4. The summed E-state index contributed by atoms with van der Waals surface area (Å²) in [5, 5.41) is 12.3. The fourth-order valence-corrected chi connectivity index (χ4v) is 14.1. The van der Waals surface area contributed by atoms with E-state index in [1.54, 1.807) is 0 Å². The number of carbonyl (C=O) groups is 1. The molecule has 1 amide bonds. The molecule has 2 spiro atoms. The summed E-state index contributed by atoms with van der Waals surface area (Å²) < 4.78 is 20.7. The van der Waals surface area contributed by atoms with Crippen LogP contribution in [0.1, 0.15) is 105 Å². The molecule has 8 rings (SSSR count). The zero-order valence-electron chi connectivity index (χ0n) is 27.3. The molecule has 0 aromatic carbocycles. The maximum atomic E-state index is 12.9. The number of alkyl halides is 1. The highest BCUT2D eigenvalue weighted by atomic mass is 127. The van der Waals surface area contributed by atoms with Gasteiger partial charge in [-0.1, -0.05) is 57.2 Å². The molecule has 2 aliphatic heterocycles. The van der Waals surface area contributed by atoms with Gasteiger partial charge < -0.3 is 24.2 Å². The number of aliphatic hydroxyl groups is 1. The van der Waals surface area contributed by atoms with Gasteiger partial charge in [-0.15, -0.1) is 0 Å². The van der Waals surface area contributed by atoms with Crippen LogP contribution in [-0.4, -0.2) is 70.7 Å². The number of nitrogens with zero attached hydrogens (tertiary/aromatic N) is 1. The Morgan fingerprint density at radius 3 is 2.51 bits per heavy atom. The quantitative estimate of drug-likeness (QED) is 0.258. The number of hydrogen-bond acceptors (Lipinski definition) is 5. The fraction of sp³-hybridized carbons (Fsp3) is 0.972. The second kappa shape index (κ2) is 10.0. The highest BCUT2D eigenvalue weighted by Gasteiger charge is 2.84. The molecule has 0 aromatic rings. The van der Waals surface area contributed by atoms with Crippen LogP contribution in [0.25, 0.3) is 0 Å². The zero-order chi connectivity index (χ0) is 30.2. The standard InChI is InChI=1S/C36H56INO5/c1-21-16-23(18-37)42-30-29(21)33(4)12-13-36-20-35(36)11-10-26(32(2,3)24(35)8-9-25(36)34(33,5)31(30)40)43-28-19-38(14-15-41-28)27(39)17-22-6-7-22/h21-26,28-31,40H,6-20H2,1-5H3/t21-,23-,24+,25+,26?,28+,29+,30+,31+,33-,34-,35-,36+/m1/s1. The second-order valence-electron chi connectivity index (χ2n) is 17.7. The molecule has 1 unspecified atom stereocenters. The molecule has 8 fully saturated rings. The van der Waals surface area contributed by atoms with E-state index >= 15 is 0 Å². The molecule has 8 aliphatic rings. The topological polar surface area (TPSA) is 68.2 Å². The Morgan fingerprint density at radius 2 is 1.77 bits per heavy atom. The molecule has 0 bridgehead atoms. The molecule has 0 radical (unpaired) electrons. The van der Waals surface area contributed by atoms with Gasteiger partial charge in [0.25, 0.3) is 0 Å². The van der Waals surface area contributed by atoms with E-state index in [4.69, 9.17) is 14.2 Å². The molecule has 6 saturated carbocycles. The molecule has 6 nitrogen and oxygen atoms in total. The largest absolute Gasteiger partial charge is 0.390 e. The van der Waals surface area contributed by atoms with E-state index in [0.717, 1.165) is 17.3 Å². The number of aliphatic hydroxyl groups excluding tert-OH is 1. The lowest BCUT2D eigenvalue weighted by Gasteiger charge is -2.64. The van der Waals surface area contributed by atoms with Gasteiger partial charge in [0.1, 0.15) is 0 Å². The fourth-order valence-electron chi connectivity index (χ4n) is 13.5. The molecule has 7 heteroatoms. The lowest BCUT2D eigenvalue weighted by Crippen LogP contribution is -2.60. The zero-order valence-corrected chi connectivity index (χ0v) is 29.4. The Hall–Kier alpha value is 0.0400. The van der Waals surface area contributed by atoms with Crippen LogP contribution in [0, 0.1) is 56.7 Å². The van der Waals surface area contributed by atoms with Gasteiger partial charge in [-0.25, -0.2) is 0 Å². The van der Waals surface area contributed by atoms with E-state index in [1.165, 1.54) is 51.4 Å². The number of amides is 1. The summed E-state index contributed by atoms with van der Waals surface area (Å²) in [4.78, 5) is 14.9. The van der Waals surface area contributed by atoms with Crippen LogP contribution >= 0.6 is 22.6 Å². The van der Waals surface area contributed by atoms with Gasteiger partial charge in [-0.2, -0.15) is 0 Å². The highest BCUT2D eigenvalue weighted by molar-refractivity contribution is 14.1. The average molecular weight is 710 g/mol. The average Bonchev–Trinajstić information content (AvgIpc) is 3.90. The summed E-state index contributed by atoms with van der Waals surface area (Å²) in [6.07, 6.45) is 12.7. The van der Waals surface area contributed by atoms with Crippen molar-refractivity contribution in [2.45, 2.75) is 136 Å². The van der Waals surface area contributed by atoms with E-state index in [0.29, 0.717) is 66.5 Å². The SMILES string of the molecule is C[C@@H]1C[C@H](CI)O[C@H]2[C@H]1[C@@]1(C)CC[C@@]34C[C@@]35CCC(O[C@H]3CN(C(=O)CC6CC6)CCO3)C(C)(C)[C@@H]5CC[C@H]4[C@]1(C)[C@H]2O. The van der Waals surface area contributed by atoms with Crippen LogP contribution in [0.3, 0.4) is 0 Å². The molecule has 0 aromatic heterocycles. The summed E-state index contributed by atoms with van der Waals surface area (Å²) in [6, 6.07) is 0. The van der Waals surface area contributed by atoms with Crippen molar-refractivity contribution in [2.24, 2.45) is 56.7 Å². The van der Waals surface area contributed by atoms with Crippen molar-refractivity contribution in [2.75, 3.05) is 24.1 Å². The van der Waals surface area contributed by atoms with Crippen LogP contribution in [0.15, 0.2) is 0 Å². The monoisotopic (exact) mass is 709 g/mol. The van der Waals surface area contributed by atoms with Crippen molar-refractivity contribution in [3.8, 4) is 0 Å². The third-order valence-corrected chi connectivity index (χ3v) is 16.8. The minimum absolute atomic E-state index is 0.00659. The number of carbonyl (C=O) groups excluding carboxylic acids is 1. The van der Waals surface area contributed by atoms with Gasteiger partial charge in [0, 0.05) is 22.8 Å². The Kier molecular flexibility index (Phi) is 7.08. The first-order chi connectivity index (χ1) is 20.4. The van der Waals surface area contributed by atoms with Crippen LogP contribution in [0.5, 0.6) is 0 Å². The summed E-state index contributed by atoms with van der Waals surface area (Å²) in [7, 11) is 0. The minimum atomic E-state index is -0.367. The lowest BCUT2D eigenvalue weighted by molar-refractivity contribution is -0.248. The number of ether oxygens (including phenoxy) is 3. The van der Waals surface area contributed by atoms with Crippen molar-refractivity contribution < 1.29 is 24.1 Å². The predicted molar refractivity (Wildman–Crippen MR) is 174 cm³/mol. The molecule has 2 heterocycles. The Balaban J connectivity index is 1.01. The number of fused-ring (bicyclic) bond motifs is 4. The van der Waals surface area contributed by atoms with Gasteiger partial charge >= 0.3 is 0 Å². The molecular weight excluding hydrogens is 653 g/mol. The van der Waals surface area contributed by atoms with E-state index in [1.807, 2.05) is 4.90 Å². The first-order valence-electron chi connectivity index (χ1n) is 17.9. The lowest BCUT2D eigenvalue weighted by atomic mass is 9.41. The molecular formula is C36H56INO5. The van der Waals surface area contributed by atoms with Gasteiger partial charge in [-0.3, -0.25) is 4.79 Å². The number of morpholine rings is 1. The third-order valence-electron chi connectivity index (χ3n) is 15.8. The molecule has 6 aliphatic carbocycles. The predicted octanol–water partition coefficient (Wildman–Crippen LogP) is 6.61. The normalized spacial score (nSPS) is 55.0. The molecule has 13 atom stereocenters. The molecule has 2 saturated heterocycles. The van der Waals surface area contributed by atoms with Gasteiger partial charge in [0.2, 0.25) is 5.91 Å². The Labute approximate surface area is 273 Å². The second-order valence-corrected chi connectivity index (χ2v) is 18.6. The van der Waals surface area contributed by atoms with Crippen molar-refractivity contribution in [3.63, 3.8) is 0 Å². The highest BCUT2D eigenvalue weighted by Crippen LogP contribution is 2.89. The van der Waals surface area contributed by atoms with Crippen molar-refractivity contribution in [1.29, 1.82) is 0 Å². The Morgan fingerprint density at radius 1 is 1.02 bits per heavy atom. The third kappa shape index (κ3) is 4.05. The van der Waals surface area contributed by atoms with Gasteiger partial charge in [0.15, 0.2) is 6.29 Å². The van der Waals surface area contributed by atoms with Crippen LogP contribution in [0.2, 0.25) is 0 Å². The minimum Gasteiger partial charge on any atom is -0.390 e. The van der Waals surface area contributed by atoms with Gasteiger partial charge in [0.05, 0.1) is 37.6 Å². The van der Waals surface area contributed by atoms with E-state index < -0.39 is 0 Å². The maximum Gasteiger partial charge on any atom is 0.223 e. The van der Waals surface area contributed by atoms with Crippen molar-refractivity contribution in [3.05, 3.63) is 0 Å². The van der Waals surface area contributed by atoms with Crippen molar-refractivity contribution >= 4 is 28.5 Å². The van der Waals surface area contributed by atoms with E-state index in [9.17, 15) is 9.90 Å². The first kappa shape index (κ1) is 30.4. The molecule has 242 valence electrons. The number of hydrogen-bond donors (Lipinski definition) is 1. The molecule has 1 N–H and O–H groups in total. The van der Waals surface area contributed by atoms with E-state index in [2.05, 4.69) is 57.2 Å². The number of halogens is 1. The van der Waals surface area contributed by atoms with E-state index in [-0.39, 0.29) is 52.9 Å². The summed E-state index contributed by atoms with van der Waals surface area (Å²) in [5.74, 6) is 3.18. The summed E-state index contributed by atoms with van der Waals surface area (Å²) >= 11 is 2.47. The van der Waals surface area contributed by atoms with Crippen LogP contribution in [-0.2, 0) is 19.0 Å². The van der Waals surface area contributed by atoms with Crippen LogP contribution in [0.4, 0.5) is 0 Å². The summed E-state index contributed by atoms with van der Waals surface area (Å²) in [5.41, 5.74) is 0.850. The number of rotatable bonds is 5. The summed E-state index contributed by atoms with van der Waals surface area (Å²) in [6.45, 7) is 14.3. The Bertz CT molecular complexity index is 1140. The smallest absolute Gasteiger partial charge is 0.223 e. The van der Waals surface area contributed by atoms with Crippen LogP contribution < -0.4 is 0 Å². The molecule has 43 heavy (non-hydrogen) atoms. The van der Waals surface area contributed by atoms with Crippen molar-refractivity contribution in [1.82, 2.24) is 4.90 Å².